The highest BCUT2D eigenvalue weighted by atomic mass is 16.4. The van der Waals surface area contributed by atoms with Gasteiger partial charge in [0, 0.05) is 18.9 Å². The van der Waals surface area contributed by atoms with Crippen LogP contribution in [0, 0.1) is 0 Å². The van der Waals surface area contributed by atoms with E-state index in [2.05, 4.69) is 11.9 Å². The summed E-state index contributed by atoms with van der Waals surface area (Å²) in [5, 5.41) is 8.75. The van der Waals surface area contributed by atoms with E-state index in [1.807, 2.05) is 10.8 Å². The third kappa shape index (κ3) is 1.84. The normalized spacial score (nSPS) is 10.6. The molecule has 0 saturated heterocycles. The zero-order valence-electron chi connectivity index (χ0n) is 8.88. The van der Waals surface area contributed by atoms with Crippen molar-refractivity contribution in [1.82, 2.24) is 9.55 Å². The highest BCUT2D eigenvalue weighted by Crippen LogP contribution is 2.20. The molecule has 0 saturated carbocycles. The lowest BCUT2D eigenvalue weighted by Crippen LogP contribution is -1.97. The largest absolute Gasteiger partial charge is 0.475 e. The van der Waals surface area contributed by atoms with E-state index in [9.17, 15) is 4.79 Å². The smallest absolute Gasteiger partial charge is 0.371 e. The summed E-state index contributed by atoms with van der Waals surface area (Å²) in [7, 11) is 0. The number of carboxylic acid groups (broad SMARTS) is 1. The number of aromatic nitrogens is 2. The quantitative estimate of drug-likeness (QED) is 0.858. The molecule has 0 aliphatic rings. The third-order valence-electron chi connectivity index (χ3n) is 2.22. The number of furan rings is 1. The fourth-order valence-electron chi connectivity index (χ4n) is 1.53. The number of carbonyl (C=O) groups is 1. The number of nitrogens with zero attached hydrogens (tertiary/aromatic N) is 2. The van der Waals surface area contributed by atoms with E-state index < -0.39 is 5.97 Å². The second kappa shape index (κ2) is 4.22. The SMILES string of the molecule is CCCn1ccnc1-c1ccc(C(=O)O)o1. The summed E-state index contributed by atoms with van der Waals surface area (Å²) >= 11 is 0. The monoisotopic (exact) mass is 220 g/mol. The Morgan fingerprint density at radius 2 is 2.38 bits per heavy atom. The lowest BCUT2D eigenvalue weighted by atomic mass is 10.4. The molecule has 0 spiro atoms. The van der Waals surface area contributed by atoms with E-state index >= 15 is 0 Å². The molecule has 84 valence electrons. The van der Waals surface area contributed by atoms with Crippen molar-refractivity contribution in [2.75, 3.05) is 0 Å². The lowest BCUT2D eigenvalue weighted by molar-refractivity contribution is 0.0663. The van der Waals surface area contributed by atoms with Crippen LogP contribution in [0.5, 0.6) is 0 Å². The maximum absolute atomic E-state index is 10.7. The molecule has 0 unspecified atom stereocenters. The number of carboxylic acids is 1. The van der Waals surface area contributed by atoms with Crippen molar-refractivity contribution in [2.24, 2.45) is 0 Å². The fourth-order valence-corrected chi connectivity index (χ4v) is 1.53. The molecule has 0 aliphatic carbocycles. The molecule has 5 nitrogen and oxygen atoms in total. The molecule has 2 rings (SSSR count). The van der Waals surface area contributed by atoms with E-state index in [1.165, 1.54) is 6.07 Å². The molecular weight excluding hydrogens is 208 g/mol. The molecule has 0 aromatic carbocycles. The van der Waals surface area contributed by atoms with Gasteiger partial charge in [-0.25, -0.2) is 9.78 Å². The van der Waals surface area contributed by atoms with E-state index in [0.717, 1.165) is 13.0 Å². The summed E-state index contributed by atoms with van der Waals surface area (Å²) in [5.41, 5.74) is 0. The van der Waals surface area contributed by atoms with Crippen molar-refractivity contribution in [3.63, 3.8) is 0 Å². The van der Waals surface area contributed by atoms with Gasteiger partial charge in [-0.2, -0.15) is 0 Å². The van der Waals surface area contributed by atoms with Crippen LogP contribution in [-0.2, 0) is 6.54 Å². The van der Waals surface area contributed by atoms with Gasteiger partial charge in [0.05, 0.1) is 0 Å². The van der Waals surface area contributed by atoms with Crippen LogP contribution in [0.1, 0.15) is 23.9 Å². The zero-order valence-corrected chi connectivity index (χ0v) is 8.88. The number of aromatic carboxylic acids is 1. The van der Waals surface area contributed by atoms with Gasteiger partial charge in [0.15, 0.2) is 11.6 Å². The molecule has 0 bridgehead atoms. The highest BCUT2D eigenvalue weighted by molar-refractivity contribution is 5.85. The zero-order chi connectivity index (χ0) is 11.5. The first-order valence-electron chi connectivity index (χ1n) is 5.07. The molecule has 2 aromatic heterocycles. The summed E-state index contributed by atoms with van der Waals surface area (Å²) in [6.45, 7) is 2.90. The summed E-state index contributed by atoms with van der Waals surface area (Å²) < 4.78 is 7.13. The van der Waals surface area contributed by atoms with E-state index in [4.69, 9.17) is 9.52 Å². The molecule has 0 atom stereocenters. The molecule has 0 radical (unpaired) electrons. The summed E-state index contributed by atoms with van der Waals surface area (Å²) in [4.78, 5) is 14.8. The summed E-state index contributed by atoms with van der Waals surface area (Å²) in [6, 6.07) is 3.06. The molecule has 5 heteroatoms. The van der Waals surface area contributed by atoms with Crippen LogP contribution < -0.4 is 0 Å². The van der Waals surface area contributed by atoms with E-state index in [0.29, 0.717) is 11.6 Å². The average Bonchev–Trinajstić information content (AvgIpc) is 2.84. The van der Waals surface area contributed by atoms with Gasteiger partial charge in [0.2, 0.25) is 5.76 Å². The number of hydrogen-bond donors (Lipinski definition) is 1. The van der Waals surface area contributed by atoms with Gasteiger partial charge < -0.3 is 14.1 Å². The van der Waals surface area contributed by atoms with Crippen LogP contribution in [0.4, 0.5) is 0 Å². The Morgan fingerprint density at radius 3 is 3.00 bits per heavy atom. The Kier molecular flexibility index (Phi) is 2.76. The van der Waals surface area contributed by atoms with Gasteiger partial charge in [0.25, 0.3) is 0 Å². The van der Waals surface area contributed by atoms with Crippen LogP contribution in [0.3, 0.4) is 0 Å². The number of aryl methyl sites for hydroxylation is 1. The topological polar surface area (TPSA) is 68.3 Å². The first kappa shape index (κ1) is 10.5. The minimum atomic E-state index is -1.07. The first-order valence-corrected chi connectivity index (χ1v) is 5.07. The van der Waals surface area contributed by atoms with Gasteiger partial charge in [-0.15, -0.1) is 0 Å². The molecule has 0 amide bonds. The van der Waals surface area contributed by atoms with Gasteiger partial charge in [0.1, 0.15) is 0 Å². The second-order valence-electron chi connectivity index (χ2n) is 3.41. The predicted molar refractivity (Wildman–Crippen MR) is 57.2 cm³/mol. The molecule has 0 fully saturated rings. The van der Waals surface area contributed by atoms with Gasteiger partial charge >= 0.3 is 5.97 Å². The van der Waals surface area contributed by atoms with Gasteiger partial charge in [-0.05, 0) is 18.6 Å². The number of imidazole rings is 1. The molecule has 16 heavy (non-hydrogen) atoms. The van der Waals surface area contributed by atoms with Gasteiger partial charge in [-0.1, -0.05) is 6.92 Å². The molecular formula is C11H12N2O3. The Labute approximate surface area is 92.3 Å². The minimum Gasteiger partial charge on any atom is -0.475 e. The maximum Gasteiger partial charge on any atom is 0.371 e. The van der Waals surface area contributed by atoms with Crippen molar-refractivity contribution in [2.45, 2.75) is 19.9 Å². The van der Waals surface area contributed by atoms with Crippen LogP contribution >= 0.6 is 0 Å². The van der Waals surface area contributed by atoms with Gasteiger partial charge in [-0.3, -0.25) is 0 Å². The van der Waals surface area contributed by atoms with Crippen molar-refractivity contribution >= 4 is 5.97 Å². The van der Waals surface area contributed by atoms with Crippen molar-refractivity contribution in [3.8, 4) is 11.6 Å². The fraction of sp³-hybridized carbons (Fsp3) is 0.273. The summed E-state index contributed by atoms with van der Waals surface area (Å²) in [6.07, 6.45) is 4.51. The average molecular weight is 220 g/mol. The van der Waals surface area contributed by atoms with Crippen molar-refractivity contribution in [1.29, 1.82) is 0 Å². The molecule has 1 N–H and O–H groups in total. The Balaban J connectivity index is 2.34. The van der Waals surface area contributed by atoms with Crippen LogP contribution in [0.15, 0.2) is 28.9 Å². The van der Waals surface area contributed by atoms with Crippen LogP contribution in [0.25, 0.3) is 11.6 Å². The Hall–Kier alpha value is -2.04. The maximum atomic E-state index is 10.7. The molecule has 0 aliphatic heterocycles. The number of hydrogen-bond acceptors (Lipinski definition) is 3. The van der Waals surface area contributed by atoms with Crippen molar-refractivity contribution < 1.29 is 14.3 Å². The van der Waals surface area contributed by atoms with Crippen molar-refractivity contribution in [3.05, 3.63) is 30.3 Å². The standard InChI is InChI=1S/C11H12N2O3/c1-2-6-13-7-5-12-10(13)8-3-4-9(16-8)11(14)15/h3-5,7H,2,6H2,1H3,(H,14,15). The first-order chi connectivity index (χ1) is 7.72. The minimum absolute atomic E-state index is 0.0685. The molecule has 2 aromatic rings. The molecule has 2 heterocycles. The summed E-state index contributed by atoms with van der Waals surface area (Å²) in [5.74, 6) is 0.00564. The lowest BCUT2D eigenvalue weighted by Gasteiger charge is -2.02. The third-order valence-corrected chi connectivity index (χ3v) is 2.22. The van der Waals surface area contributed by atoms with Crippen LogP contribution in [0.2, 0.25) is 0 Å². The van der Waals surface area contributed by atoms with Crippen LogP contribution in [-0.4, -0.2) is 20.6 Å². The Bertz CT molecular complexity index is 499. The van der Waals surface area contributed by atoms with E-state index in [-0.39, 0.29) is 5.76 Å². The van der Waals surface area contributed by atoms with E-state index in [1.54, 1.807) is 12.3 Å². The highest BCUT2D eigenvalue weighted by Gasteiger charge is 2.13. The Morgan fingerprint density at radius 1 is 1.56 bits per heavy atom. The number of rotatable bonds is 4. The second-order valence-corrected chi connectivity index (χ2v) is 3.41. The predicted octanol–water partition coefficient (Wildman–Crippen LogP) is 2.25.